The van der Waals surface area contributed by atoms with E-state index in [1.807, 2.05) is 25.1 Å². The maximum absolute atomic E-state index is 13.9. The standard InChI is InChI=1S/C18H19FO2/c1-12-8-9-16(14(10-12)18(2,3)4)21-17-13(11-20)6-5-7-15(17)19/h5-11H,1-4H3. The van der Waals surface area contributed by atoms with Gasteiger partial charge in [-0.1, -0.05) is 44.5 Å². The molecule has 0 spiro atoms. The quantitative estimate of drug-likeness (QED) is 0.739. The molecule has 3 heteroatoms. The molecule has 0 fully saturated rings. The monoisotopic (exact) mass is 286 g/mol. The summed E-state index contributed by atoms with van der Waals surface area (Å²) in [5.41, 5.74) is 2.14. The predicted molar refractivity (Wildman–Crippen MR) is 81.7 cm³/mol. The lowest BCUT2D eigenvalue weighted by atomic mass is 9.85. The smallest absolute Gasteiger partial charge is 0.173 e. The third-order valence-corrected chi connectivity index (χ3v) is 3.28. The largest absolute Gasteiger partial charge is 0.453 e. The maximum Gasteiger partial charge on any atom is 0.173 e. The third-order valence-electron chi connectivity index (χ3n) is 3.28. The SMILES string of the molecule is Cc1ccc(Oc2c(F)cccc2C=O)c(C(C)(C)C)c1. The second-order valence-corrected chi connectivity index (χ2v) is 6.13. The van der Waals surface area contributed by atoms with Crippen molar-refractivity contribution in [3.63, 3.8) is 0 Å². The minimum Gasteiger partial charge on any atom is -0.453 e. The number of ether oxygens (including phenoxy) is 1. The Morgan fingerprint density at radius 2 is 1.86 bits per heavy atom. The topological polar surface area (TPSA) is 26.3 Å². The van der Waals surface area contributed by atoms with Gasteiger partial charge in [0, 0.05) is 5.56 Å². The number of benzene rings is 2. The molecule has 2 nitrogen and oxygen atoms in total. The molecule has 0 amide bonds. The van der Waals surface area contributed by atoms with Gasteiger partial charge in [0.25, 0.3) is 0 Å². The minimum atomic E-state index is -0.542. The van der Waals surface area contributed by atoms with Crippen molar-refractivity contribution in [1.29, 1.82) is 0 Å². The molecule has 2 aromatic carbocycles. The average molecular weight is 286 g/mol. The van der Waals surface area contributed by atoms with E-state index in [0.717, 1.165) is 11.1 Å². The highest BCUT2D eigenvalue weighted by molar-refractivity contribution is 5.79. The predicted octanol–water partition coefficient (Wildman–Crippen LogP) is 5.04. The van der Waals surface area contributed by atoms with Gasteiger partial charge in [-0.25, -0.2) is 4.39 Å². The molecule has 0 saturated heterocycles. The summed E-state index contributed by atoms with van der Waals surface area (Å²) in [4.78, 5) is 11.1. The van der Waals surface area contributed by atoms with E-state index in [4.69, 9.17) is 4.74 Å². The number of aldehydes is 1. The van der Waals surface area contributed by atoms with Gasteiger partial charge in [0.05, 0.1) is 5.56 Å². The fraction of sp³-hybridized carbons (Fsp3) is 0.278. The van der Waals surface area contributed by atoms with Crippen LogP contribution < -0.4 is 4.74 Å². The van der Waals surface area contributed by atoms with Gasteiger partial charge in [0.15, 0.2) is 17.9 Å². The molecule has 0 saturated carbocycles. The van der Waals surface area contributed by atoms with Crippen LogP contribution in [0.4, 0.5) is 4.39 Å². The van der Waals surface area contributed by atoms with Crippen LogP contribution in [0.5, 0.6) is 11.5 Å². The molecule has 2 rings (SSSR count). The number of carbonyl (C=O) groups is 1. The van der Waals surface area contributed by atoms with Crippen LogP contribution >= 0.6 is 0 Å². The number of aryl methyl sites for hydroxylation is 1. The molecule has 0 aliphatic heterocycles. The molecule has 0 radical (unpaired) electrons. The lowest BCUT2D eigenvalue weighted by Crippen LogP contribution is -2.13. The summed E-state index contributed by atoms with van der Waals surface area (Å²) in [6, 6.07) is 10.1. The van der Waals surface area contributed by atoms with Gasteiger partial charge in [-0.15, -0.1) is 0 Å². The molecule has 0 bridgehead atoms. The molecule has 0 aromatic heterocycles. The number of hydrogen-bond acceptors (Lipinski definition) is 2. The summed E-state index contributed by atoms with van der Waals surface area (Å²) in [5.74, 6) is 0.00295. The van der Waals surface area contributed by atoms with Crippen molar-refractivity contribution in [2.75, 3.05) is 0 Å². The van der Waals surface area contributed by atoms with Crippen molar-refractivity contribution < 1.29 is 13.9 Å². The summed E-state index contributed by atoms with van der Waals surface area (Å²) in [7, 11) is 0. The van der Waals surface area contributed by atoms with Crippen LogP contribution in [0.15, 0.2) is 36.4 Å². The maximum atomic E-state index is 13.9. The Labute approximate surface area is 124 Å². The molecule has 0 aliphatic rings. The van der Waals surface area contributed by atoms with Gasteiger partial charge in [-0.2, -0.15) is 0 Å². The lowest BCUT2D eigenvalue weighted by Gasteiger charge is -2.23. The zero-order valence-corrected chi connectivity index (χ0v) is 12.7. The highest BCUT2D eigenvalue weighted by Gasteiger charge is 2.21. The van der Waals surface area contributed by atoms with Crippen molar-refractivity contribution >= 4 is 6.29 Å². The summed E-state index contributed by atoms with van der Waals surface area (Å²) < 4.78 is 19.7. The van der Waals surface area contributed by atoms with Crippen molar-refractivity contribution in [3.8, 4) is 11.5 Å². The van der Waals surface area contributed by atoms with E-state index in [0.29, 0.717) is 12.0 Å². The first kappa shape index (κ1) is 15.2. The molecule has 0 heterocycles. The Kier molecular flexibility index (Phi) is 4.12. The molecule has 0 atom stereocenters. The third kappa shape index (κ3) is 3.30. The highest BCUT2D eigenvalue weighted by Crippen LogP contribution is 2.36. The second kappa shape index (κ2) is 5.68. The lowest BCUT2D eigenvalue weighted by molar-refractivity contribution is 0.112. The van der Waals surface area contributed by atoms with Crippen LogP contribution in [0.3, 0.4) is 0 Å². The molecule has 21 heavy (non-hydrogen) atoms. The van der Waals surface area contributed by atoms with Gasteiger partial charge in [-0.05, 0) is 30.5 Å². The van der Waals surface area contributed by atoms with Gasteiger partial charge >= 0.3 is 0 Å². The normalized spacial score (nSPS) is 11.3. The number of carbonyl (C=O) groups excluding carboxylic acids is 1. The first-order valence-corrected chi connectivity index (χ1v) is 6.85. The molecule has 110 valence electrons. The molecule has 0 aliphatic carbocycles. The molecule has 0 unspecified atom stereocenters. The average Bonchev–Trinajstić information content (AvgIpc) is 2.41. The van der Waals surface area contributed by atoms with Crippen LogP contribution in [-0.2, 0) is 5.41 Å². The molecular formula is C18H19FO2. The second-order valence-electron chi connectivity index (χ2n) is 6.13. The van der Waals surface area contributed by atoms with E-state index in [-0.39, 0.29) is 16.7 Å². The Balaban J connectivity index is 2.53. The Morgan fingerprint density at radius 3 is 2.48 bits per heavy atom. The van der Waals surface area contributed by atoms with Gasteiger partial charge in [-0.3, -0.25) is 4.79 Å². The highest BCUT2D eigenvalue weighted by atomic mass is 19.1. The Morgan fingerprint density at radius 1 is 1.14 bits per heavy atom. The first-order chi connectivity index (χ1) is 9.82. The van der Waals surface area contributed by atoms with Crippen molar-refractivity contribution in [1.82, 2.24) is 0 Å². The van der Waals surface area contributed by atoms with E-state index in [1.54, 1.807) is 0 Å². The van der Waals surface area contributed by atoms with E-state index < -0.39 is 5.82 Å². The van der Waals surface area contributed by atoms with E-state index in [2.05, 4.69) is 20.8 Å². The van der Waals surface area contributed by atoms with E-state index in [9.17, 15) is 9.18 Å². The molecule has 0 N–H and O–H groups in total. The van der Waals surface area contributed by atoms with Crippen LogP contribution in [0.2, 0.25) is 0 Å². The minimum absolute atomic E-state index is 0.0261. The fourth-order valence-electron chi connectivity index (χ4n) is 2.15. The number of halogens is 1. The number of hydrogen-bond donors (Lipinski definition) is 0. The van der Waals surface area contributed by atoms with E-state index in [1.165, 1.54) is 18.2 Å². The fourth-order valence-corrected chi connectivity index (χ4v) is 2.15. The van der Waals surface area contributed by atoms with E-state index >= 15 is 0 Å². The van der Waals surface area contributed by atoms with Crippen LogP contribution in [0.25, 0.3) is 0 Å². The van der Waals surface area contributed by atoms with Crippen molar-refractivity contribution in [2.45, 2.75) is 33.1 Å². The Hall–Kier alpha value is -2.16. The summed E-state index contributed by atoms with van der Waals surface area (Å²) in [6.07, 6.45) is 0.601. The Bertz CT molecular complexity index is 669. The first-order valence-electron chi connectivity index (χ1n) is 6.85. The molecule has 2 aromatic rings. The van der Waals surface area contributed by atoms with Crippen LogP contribution in [0, 0.1) is 12.7 Å². The number of para-hydroxylation sites is 1. The van der Waals surface area contributed by atoms with Gasteiger partial charge in [0.1, 0.15) is 5.75 Å². The van der Waals surface area contributed by atoms with Crippen molar-refractivity contribution in [2.24, 2.45) is 0 Å². The number of rotatable bonds is 3. The summed E-state index contributed by atoms with van der Waals surface area (Å²) >= 11 is 0. The molecular weight excluding hydrogens is 267 g/mol. The van der Waals surface area contributed by atoms with Crippen LogP contribution in [0.1, 0.15) is 42.3 Å². The zero-order valence-electron chi connectivity index (χ0n) is 12.7. The zero-order chi connectivity index (χ0) is 15.6. The van der Waals surface area contributed by atoms with Crippen LogP contribution in [-0.4, -0.2) is 6.29 Å². The van der Waals surface area contributed by atoms with Crippen molar-refractivity contribution in [3.05, 3.63) is 58.9 Å². The summed E-state index contributed by atoms with van der Waals surface area (Å²) in [5, 5.41) is 0. The van der Waals surface area contributed by atoms with Gasteiger partial charge < -0.3 is 4.74 Å². The summed E-state index contributed by atoms with van der Waals surface area (Å²) in [6.45, 7) is 8.20. The van der Waals surface area contributed by atoms with Gasteiger partial charge in [0.2, 0.25) is 0 Å².